The van der Waals surface area contributed by atoms with E-state index in [1.54, 1.807) is 0 Å². The molecule has 0 amide bonds. The zero-order chi connectivity index (χ0) is 14.4. The molecule has 0 fully saturated rings. The third-order valence-electron chi connectivity index (χ3n) is 1.86. The molecule has 19 heavy (non-hydrogen) atoms. The Kier molecular flexibility index (Phi) is 4.76. The number of benzene rings is 1. The van der Waals surface area contributed by atoms with E-state index in [-0.39, 0.29) is 11.5 Å². The molecule has 0 heterocycles. The lowest BCUT2D eigenvalue weighted by molar-refractivity contribution is -0.400. The number of rotatable bonds is 4. The van der Waals surface area contributed by atoms with E-state index in [4.69, 9.17) is 9.47 Å². The van der Waals surface area contributed by atoms with Crippen molar-refractivity contribution in [3.63, 3.8) is 0 Å². The Hall–Kier alpha value is -2.70. The molecule has 0 unspecified atom stereocenters. The molecule has 0 aliphatic rings. The Bertz CT molecular complexity index is 549. The van der Waals surface area contributed by atoms with Crippen LogP contribution in [0.4, 0.5) is 0 Å². The van der Waals surface area contributed by atoms with Gasteiger partial charge in [0.2, 0.25) is 6.20 Å². The molecular formula is C12H11NO6. The topological polar surface area (TPSA) is 95.7 Å². The first-order valence-electron chi connectivity index (χ1n) is 5.21. The Morgan fingerprint density at radius 3 is 2.26 bits per heavy atom. The zero-order valence-electron chi connectivity index (χ0n) is 10.3. The van der Waals surface area contributed by atoms with Crippen molar-refractivity contribution in [2.24, 2.45) is 0 Å². The Morgan fingerprint density at radius 1 is 1.16 bits per heavy atom. The van der Waals surface area contributed by atoms with Gasteiger partial charge in [-0.1, -0.05) is 6.07 Å². The van der Waals surface area contributed by atoms with Crippen molar-refractivity contribution in [1.82, 2.24) is 0 Å². The van der Waals surface area contributed by atoms with Crippen LogP contribution in [-0.2, 0) is 9.59 Å². The summed E-state index contributed by atoms with van der Waals surface area (Å²) in [5.74, 6) is -1.07. The van der Waals surface area contributed by atoms with Gasteiger partial charge in [-0.3, -0.25) is 19.7 Å². The van der Waals surface area contributed by atoms with Crippen LogP contribution in [0.2, 0.25) is 0 Å². The van der Waals surface area contributed by atoms with Gasteiger partial charge >= 0.3 is 11.9 Å². The molecular weight excluding hydrogens is 254 g/mol. The second-order valence-corrected chi connectivity index (χ2v) is 3.49. The fourth-order valence-electron chi connectivity index (χ4n) is 1.25. The van der Waals surface area contributed by atoms with Crippen LogP contribution in [0, 0.1) is 10.1 Å². The fourth-order valence-corrected chi connectivity index (χ4v) is 1.25. The van der Waals surface area contributed by atoms with E-state index in [1.165, 1.54) is 38.1 Å². The molecule has 7 nitrogen and oxygen atoms in total. The summed E-state index contributed by atoms with van der Waals surface area (Å²) in [5, 5.41) is 10.2. The average Bonchev–Trinajstić information content (AvgIpc) is 2.28. The van der Waals surface area contributed by atoms with E-state index in [0.717, 1.165) is 6.20 Å². The van der Waals surface area contributed by atoms with Gasteiger partial charge in [-0.2, -0.15) is 0 Å². The summed E-state index contributed by atoms with van der Waals surface area (Å²) in [7, 11) is 0. The van der Waals surface area contributed by atoms with E-state index < -0.39 is 16.9 Å². The van der Waals surface area contributed by atoms with Crippen LogP contribution in [0.15, 0.2) is 24.4 Å². The predicted octanol–water partition coefficient (Wildman–Crippen LogP) is 1.78. The van der Waals surface area contributed by atoms with E-state index in [2.05, 4.69) is 0 Å². The van der Waals surface area contributed by atoms with Crippen LogP contribution in [-0.4, -0.2) is 16.9 Å². The SMILES string of the molecule is CC(=O)Oc1ccc(/C=C/[N+](=O)[O-])cc1OC(C)=O. The molecule has 7 heteroatoms. The molecule has 0 aliphatic carbocycles. The monoisotopic (exact) mass is 265 g/mol. The highest BCUT2D eigenvalue weighted by Crippen LogP contribution is 2.29. The summed E-state index contributed by atoms with van der Waals surface area (Å²) in [6.45, 7) is 2.40. The Morgan fingerprint density at radius 2 is 1.74 bits per heavy atom. The number of hydrogen-bond acceptors (Lipinski definition) is 6. The molecule has 0 aromatic heterocycles. The fraction of sp³-hybridized carbons (Fsp3) is 0.167. The van der Waals surface area contributed by atoms with Gasteiger partial charge in [-0.15, -0.1) is 0 Å². The second-order valence-electron chi connectivity index (χ2n) is 3.49. The minimum absolute atomic E-state index is 0.0215. The number of carbonyl (C=O) groups is 2. The van der Waals surface area contributed by atoms with Gasteiger partial charge in [0.25, 0.3) is 0 Å². The summed E-state index contributed by atoms with van der Waals surface area (Å²) >= 11 is 0. The van der Waals surface area contributed by atoms with Crippen LogP contribution in [0.3, 0.4) is 0 Å². The first-order valence-corrected chi connectivity index (χ1v) is 5.21. The van der Waals surface area contributed by atoms with E-state index in [9.17, 15) is 19.7 Å². The minimum Gasteiger partial charge on any atom is -0.423 e. The molecule has 0 saturated carbocycles. The number of esters is 2. The van der Waals surface area contributed by atoms with Crippen molar-refractivity contribution in [1.29, 1.82) is 0 Å². The van der Waals surface area contributed by atoms with Crippen molar-refractivity contribution in [2.75, 3.05) is 0 Å². The maximum atomic E-state index is 10.9. The number of nitro groups is 1. The van der Waals surface area contributed by atoms with E-state index >= 15 is 0 Å². The third-order valence-corrected chi connectivity index (χ3v) is 1.86. The van der Waals surface area contributed by atoms with Crippen LogP contribution in [0.1, 0.15) is 19.4 Å². The summed E-state index contributed by atoms with van der Waals surface area (Å²) in [6.07, 6.45) is 1.98. The summed E-state index contributed by atoms with van der Waals surface area (Å²) in [4.78, 5) is 31.4. The highest BCUT2D eigenvalue weighted by molar-refractivity contribution is 5.74. The summed E-state index contributed by atoms with van der Waals surface area (Å²) in [5.41, 5.74) is 0.434. The van der Waals surface area contributed by atoms with Crippen LogP contribution in [0.25, 0.3) is 6.08 Å². The van der Waals surface area contributed by atoms with Gasteiger partial charge in [-0.05, 0) is 17.7 Å². The Labute approximate surface area is 108 Å². The number of carbonyl (C=O) groups excluding carboxylic acids is 2. The van der Waals surface area contributed by atoms with Crippen LogP contribution in [0.5, 0.6) is 11.5 Å². The third kappa shape index (κ3) is 4.99. The number of hydrogen-bond donors (Lipinski definition) is 0. The van der Waals surface area contributed by atoms with E-state index in [0.29, 0.717) is 5.56 Å². The van der Waals surface area contributed by atoms with Gasteiger partial charge in [0.15, 0.2) is 11.5 Å². The van der Waals surface area contributed by atoms with Crippen molar-refractivity contribution in [3.8, 4) is 11.5 Å². The molecule has 0 aliphatic heterocycles. The molecule has 1 aromatic rings. The maximum absolute atomic E-state index is 10.9. The largest absolute Gasteiger partial charge is 0.423 e. The minimum atomic E-state index is -0.620. The lowest BCUT2D eigenvalue weighted by Gasteiger charge is -2.08. The number of nitrogens with zero attached hydrogens (tertiary/aromatic N) is 1. The summed E-state index contributed by atoms with van der Waals surface area (Å²) in [6, 6.07) is 4.24. The average molecular weight is 265 g/mol. The van der Waals surface area contributed by atoms with Gasteiger partial charge in [0, 0.05) is 19.9 Å². The molecule has 0 atom stereocenters. The number of ether oxygens (including phenoxy) is 2. The van der Waals surface area contributed by atoms with Gasteiger partial charge in [0.1, 0.15) is 0 Å². The lowest BCUT2D eigenvalue weighted by Crippen LogP contribution is -2.07. The molecule has 0 spiro atoms. The second kappa shape index (κ2) is 6.29. The zero-order valence-corrected chi connectivity index (χ0v) is 10.3. The standard InChI is InChI=1S/C12H11NO6/c1-8(14)18-11-4-3-10(5-6-13(16)17)7-12(11)19-9(2)15/h3-7H,1-2H3/b6-5+. The van der Waals surface area contributed by atoms with Crippen molar-refractivity contribution >= 4 is 18.0 Å². The highest BCUT2D eigenvalue weighted by atomic mass is 16.6. The first kappa shape index (κ1) is 14.4. The highest BCUT2D eigenvalue weighted by Gasteiger charge is 2.10. The maximum Gasteiger partial charge on any atom is 0.308 e. The van der Waals surface area contributed by atoms with Crippen molar-refractivity contribution in [3.05, 3.63) is 40.1 Å². The van der Waals surface area contributed by atoms with Crippen LogP contribution < -0.4 is 9.47 Å². The Balaban J connectivity index is 3.10. The van der Waals surface area contributed by atoms with Crippen molar-refractivity contribution in [2.45, 2.75) is 13.8 Å². The van der Waals surface area contributed by atoms with Gasteiger partial charge < -0.3 is 9.47 Å². The quantitative estimate of drug-likeness (QED) is 0.356. The van der Waals surface area contributed by atoms with Crippen molar-refractivity contribution < 1.29 is 24.0 Å². The summed E-state index contributed by atoms with van der Waals surface area (Å²) < 4.78 is 9.73. The molecule has 0 bridgehead atoms. The molecule has 0 N–H and O–H groups in total. The molecule has 1 rings (SSSR count). The predicted molar refractivity (Wildman–Crippen MR) is 65.1 cm³/mol. The molecule has 0 saturated heterocycles. The molecule has 0 radical (unpaired) electrons. The van der Waals surface area contributed by atoms with Crippen LogP contribution >= 0.6 is 0 Å². The van der Waals surface area contributed by atoms with E-state index in [1.807, 2.05) is 0 Å². The molecule has 100 valence electrons. The first-order chi connectivity index (χ1) is 8.88. The lowest BCUT2D eigenvalue weighted by atomic mass is 10.2. The van der Waals surface area contributed by atoms with Gasteiger partial charge in [0.05, 0.1) is 4.92 Å². The smallest absolute Gasteiger partial charge is 0.308 e. The van der Waals surface area contributed by atoms with Gasteiger partial charge in [-0.25, -0.2) is 0 Å². The normalized spacial score (nSPS) is 10.2. The molecule has 1 aromatic carbocycles.